The molecule has 1 atom stereocenters. The van der Waals surface area contributed by atoms with Crippen LogP contribution in [0.25, 0.3) is 0 Å². The Morgan fingerprint density at radius 1 is 1.29 bits per heavy atom. The van der Waals surface area contributed by atoms with Crippen LogP contribution < -0.4 is 0 Å². The highest BCUT2D eigenvalue weighted by Crippen LogP contribution is 2.29. The molecule has 1 aromatic carbocycles. The van der Waals surface area contributed by atoms with E-state index >= 15 is 0 Å². The van der Waals surface area contributed by atoms with Crippen LogP contribution in [0, 0.1) is 10.1 Å². The molecule has 0 unspecified atom stereocenters. The molecule has 88 valence electrons. The van der Waals surface area contributed by atoms with E-state index < -0.39 is 0 Å². The maximum atomic E-state index is 10.8. The van der Waals surface area contributed by atoms with E-state index in [4.69, 9.17) is 0 Å². The highest BCUT2D eigenvalue weighted by atomic mass is 79.9. The van der Waals surface area contributed by atoms with Gasteiger partial charge >= 0.3 is 0 Å². The van der Waals surface area contributed by atoms with Crippen molar-refractivity contribution in [2.45, 2.75) is 5.92 Å². The van der Waals surface area contributed by atoms with E-state index in [9.17, 15) is 10.1 Å². The highest BCUT2D eigenvalue weighted by Gasteiger charge is 2.22. The fourth-order valence-corrected chi connectivity index (χ4v) is 2.39. The first-order valence-corrected chi connectivity index (χ1v) is 5.97. The number of nitrogens with zero attached hydrogens (tertiary/aromatic N) is 1. The standard InChI is InChI=1S/C12H11BrN2O2/c13-11-5-2-1-4-9(11)10(8-15(16)17)12-6-3-7-14-12/h1-7,10,14H,8H2/t10-/m0/s1. The van der Waals surface area contributed by atoms with Crippen molar-refractivity contribution in [3.63, 3.8) is 0 Å². The number of aromatic amines is 1. The average molecular weight is 295 g/mol. The van der Waals surface area contributed by atoms with Gasteiger partial charge < -0.3 is 4.98 Å². The molecule has 0 aliphatic carbocycles. The van der Waals surface area contributed by atoms with Gasteiger partial charge in [0, 0.05) is 21.3 Å². The molecular weight excluding hydrogens is 284 g/mol. The van der Waals surface area contributed by atoms with Crippen LogP contribution >= 0.6 is 15.9 Å². The fraction of sp³-hybridized carbons (Fsp3) is 0.167. The largest absolute Gasteiger partial charge is 0.364 e. The molecule has 0 amide bonds. The van der Waals surface area contributed by atoms with Crippen LogP contribution in [0.2, 0.25) is 0 Å². The van der Waals surface area contributed by atoms with E-state index in [1.165, 1.54) is 0 Å². The lowest BCUT2D eigenvalue weighted by molar-refractivity contribution is -0.482. The van der Waals surface area contributed by atoms with Crippen LogP contribution in [0.3, 0.4) is 0 Å². The number of nitro groups is 1. The molecule has 2 aromatic rings. The van der Waals surface area contributed by atoms with Crippen LogP contribution in [0.15, 0.2) is 47.1 Å². The summed E-state index contributed by atoms with van der Waals surface area (Å²) in [5.41, 5.74) is 1.78. The molecule has 1 aromatic heterocycles. The van der Waals surface area contributed by atoms with Gasteiger partial charge in [0.2, 0.25) is 6.54 Å². The summed E-state index contributed by atoms with van der Waals surface area (Å²) in [4.78, 5) is 13.5. The molecule has 0 radical (unpaired) electrons. The Balaban J connectivity index is 2.41. The molecule has 0 aliphatic rings. The zero-order chi connectivity index (χ0) is 12.3. The van der Waals surface area contributed by atoms with Gasteiger partial charge in [0.25, 0.3) is 0 Å². The molecule has 0 spiro atoms. The lowest BCUT2D eigenvalue weighted by Gasteiger charge is -2.13. The molecule has 17 heavy (non-hydrogen) atoms. The normalized spacial score (nSPS) is 12.3. The molecule has 0 fully saturated rings. The van der Waals surface area contributed by atoms with E-state index in [-0.39, 0.29) is 17.4 Å². The third kappa shape index (κ3) is 2.74. The highest BCUT2D eigenvalue weighted by molar-refractivity contribution is 9.10. The summed E-state index contributed by atoms with van der Waals surface area (Å²) in [5.74, 6) is -0.254. The number of nitrogens with one attached hydrogen (secondary N) is 1. The first-order valence-electron chi connectivity index (χ1n) is 5.18. The third-order valence-electron chi connectivity index (χ3n) is 2.61. The van der Waals surface area contributed by atoms with Crippen LogP contribution in [0.5, 0.6) is 0 Å². The number of hydrogen-bond acceptors (Lipinski definition) is 2. The summed E-state index contributed by atoms with van der Waals surface area (Å²) in [6.45, 7) is -0.122. The van der Waals surface area contributed by atoms with Gasteiger partial charge in [-0.3, -0.25) is 10.1 Å². The molecule has 0 aliphatic heterocycles. The predicted octanol–water partition coefficient (Wildman–Crippen LogP) is 3.19. The Morgan fingerprint density at radius 3 is 2.65 bits per heavy atom. The van der Waals surface area contributed by atoms with Crippen molar-refractivity contribution in [2.75, 3.05) is 6.54 Å². The van der Waals surface area contributed by atoms with Crippen molar-refractivity contribution < 1.29 is 4.92 Å². The van der Waals surface area contributed by atoms with Crippen LogP contribution in [-0.4, -0.2) is 16.5 Å². The zero-order valence-electron chi connectivity index (χ0n) is 8.97. The summed E-state index contributed by atoms with van der Waals surface area (Å²) < 4.78 is 0.890. The van der Waals surface area contributed by atoms with E-state index in [1.807, 2.05) is 36.4 Å². The van der Waals surface area contributed by atoms with Crippen molar-refractivity contribution in [3.05, 3.63) is 68.4 Å². The van der Waals surface area contributed by atoms with Crippen molar-refractivity contribution in [3.8, 4) is 0 Å². The van der Waals surface area contributed by atoms with Crippen LogP contribution in [-0.2, 0) is 0 Å². The minimum Gasteiger partial charge on any atom is -0.364 e. The second-order valence-corrected chi connectivity index (χ2v) is 4.57. The molecule has 2 rings (SSSR count). The molecule has 4 nitrogen and oxygen atoms in total. The topological polar surface area (TPSA) is 58.9 Å². The first-order chi connectivity index (χ1) is 8.18. The molecule has 0 saturated carbocycles. The summed E-state index contributed by atoms with van der Waals surface area (Å²) in [6, 6.07) is 11.3. The lowest BCUT2D eigenvalue weighted by Crippen LogP contribution is -2.14. The van der Waals surface area contributed by atoms with Gasteiger partial charge in [-0.25, -0.2) is 0 Å². The Kier molecular flexibility index (Phi) is 3.58. The third-order valence-corrected chi connectivity index (χ3v) is 3.33. The number of halogens is 1. The van der Waals surface area contributed by atoms with E-state index in [0.717, 1.165) is 15.7 Å². The maximum Gasteiger partial charge on any atom is 0.216 e. The number of hydrogen-bond donors (Lipinski definition) is 1. The molecule has 5 heteroatoms. The summed E-state index contributed by atoms with van der Waals surface area (Å²) >= 11 is 3.44. The first kappa shape index (κ1) is 11.9. The lowest BCUT2D eigenvalue weighted by atomic mass is 9.96. The molecule has 0 saturated heterocycles. The summed E-state index contributed by atoms with van der Waals surface area (Å²) in [6.07, 6.45) is 1.78. The van der Waals surface area contributed by atoms with E-state index in [2.05, 4.69) is 20.9 Å². The van der Waals surface area contributed by atoms with Crippen molar-refractivity contribution in [2.24, 2.45) is 0 Å². The van der Waals surface area contributed by atoms with Gasteiger partial charge in [-0.2, -0.15) is 0 Å². The molecular formula is C12H11BrN2O2. The SMILES string of the molecule is O=[N+]([O-])C[C@H](c1ccc[nH]1)c1ccccc1Br. The van der Waals surface area contributed by atoms with Gasteiger partial charge in [-0.05, 0) is 23.8 Å². The van der Waals surface area contributed by atoms with Gasteiger partial charge in [-0.1, -0.05) is 34.1 Å². The van der Waals surface area contributed by atoms with E-state index in [1.54, 1.807) is 6.20 Å². The Labute approximate surface area is 107 Å². The Bertz CT molecular complexity index is 511. The van der Waals surface area contributed by atoms with Gasteiger partial charge in [0.05, 0.1) is 5.92 Å². The molecule has 1 N–H and O–H groups in total. The number of H-pyrrole nitrogens is 1. The maximum absolute atomic E-state index is 10.8. The van der Waals surface area contributed by atoms with Crippen LogP contribution in [0.1, 0.15) is 17.2 Å². The van der Waals surface area contributed by atoms with E-state index in [0.29, 0.717) is 0 Å². The Morgan fingerprint density at radius 2 is 2.06 bits per heavy atom. The monoisotopic (exact) mass is 294 g/mol. The second-order valence-electron chi connectivity index (χ2n) is 3.71. The quantitative estimate of drug-likeness (QED) is 0.695. The predicted molar refractivity (Wildman–Crippen MR) is 68.6 cm³/mol. The van der Waals surface area contributed by atoms with Crippen LogP contribution in [0.4, 0.5) is 0 Å². The zero-order valence-corrected chi connectivity index (χ0v) is 10.6. The average Bonchev–Trinajstić information content (AvgIpc) is 2.80. The number of aromatic nitrogens is 1. The fourth-order valence-electron chi connectivity index (χ4n) is 1.83. The summed E-state index contributed by atoms with van der Waals surface area (Å²) in [7, 11) is 0. The van der Waals surface area contributed by atoms with Crippen molar-refractivity contribution >= 4 is 15.9 Å². The Hall–Kier alpha value is -1.62. The van der Waals surface area contributed by atoms with Gasteiger partial charge in [0.1, 0.15) is 0 Å². The minimum absolute atomic E-state index is 0.122. The van der Waals surface area contributed by atoms with Crippen molar-refractivity contribution in [1.82, 2.24) is 4.98 Å². The molecule has 1 heterocycles. The summed E-state index contributed by atoms with van der Waals surface area (Å²) in [5, 5.41) is 10.8. The smallest absolute Gasteiger partial charge is 0.216 e. The van der Waals surface area contributed by atoms with Gasteiger partial charge in [-0.15, -0.1) is 0 Å². The van der Waals surface area contributed by atoms with Crippen molar-refractivity contribution in [1.29, 1.82) is 0 Å². The number of benzene rings is 1. The van der Waals surface area contributed by atoms with Gasteiger partial charge in [0.15, 0.2) is 0 Å². The second kappa shape index (κ2) is 5.14. The number of rotatable bonds is 4. The molecule has 0 bridgehead atoms. The minimum atomic E-state index is -0.287.